The van der Waals surface area contributed by atoms with E-state index >= 15 is 0 Å². The summed E-state index contributed by atoms with van der Waals surface area (Å²) in [4.78, 5) is 0. The molecule has 3 heteroatoms. The molecule has 1 N–H and O–H groups in total. The van der Waals surface area contributed by atoms with Crippen LogP contribution in [-0.4, -0.2) is 6.04 Å². The predicted octanol–water partition coefficient (Wildman–Crippen LogP) is 4.91. The van der Waals surface area contributed by atoms with Gasteiger partial charge < -0.3 is 9.73 Å². The predicted molar refractivity (Wildman–Crippen MR) is 83.2 cm³/mol. The van der Waals surface area contributed by atoms with Gasteiger partial charge in [-0.05, 0) is 56.2 Å². The quantitative estimate of drug-likeness (QED) is 0.846. The first-order valence-corrected chi connectivity index (χ1v) is 7.48. The van der Waals surface area contributed by atoms with Gasteiger partial charge >= 0.3 is 0 Å². The number of hydrogen-bond acceptors (Lipinski definition) is 2. The van der Waals surface area contributed by atoms with E-state index in [4.69, 9.17) is 4.42 Å². The SMILES string of the molecule is CC[C@@H](C)NCc1ccc(-c2ccc(Br)cc2C)o1. The summed E-state index contributed by atoms with van der Waals surface area (Å²) in [6, 6.07) is 10.8. The molecule has 2 aromatic rings. The second kappa shape index (κ2) is 6.40. The lowest BCUT2D eigenvalue weighted by Crippen LogP contribution is -2.24. The van der Waals surface area contributed by atoms with Gasteiger partial charge in [0.15, 0.2) is 0 Å². The average molecular weight is 322 g/mol. The standard InChI is InChI=1S/C16H20BrNO/c1-4-12(3)18-10-14-6-8-16(19-14)15-7-5-13(17)9-11(15)2/h5-9,12,18H,4,10H2,1-3H3/t12-/m1/s1. The molecule has 0 bridgehead atoms. The Morgan fingerprint density at radius 1 is 1.26 bits per heavy atom. The Morgan fingerprint density at radius 3 is 2.74 bits per heavy atom. The molecule has 0 spiro atoms. The van der Waals surface area contributed by atoms with Crippen LogP contribution in [0.5, 0.6) is 0 Å². The van der Waals surface area contributed by atoms with E-state index < -0.39 is 0 Å². The first kappa shape index (κ1) is 14.4. The first-order valence-electron chi connectivity index (χ1n) is 6.68. The van der Waals surface area contributed by atoms with Crippen LogP contribution >= 0.6 is 15.9 Å². The maximum absolute atomic E-state index is 5.91. The minimum atomic E-state index is 0.517. The van der Waals surface area contributed by atoms with Crippen molar-refractivity contribution in [3.8, 4) is 11.3 Å². The minimum absolute atomic E-state index is 0.517. The smallest absolute Gasteiger partial charge is 0.134 e. The molecule has 1 aromatic heterocycles. The van der Waals surface area contributed by atoms with Crippen LogP contribution < -0.4 is 5.32 Å². The van der Waals surface area contributed by atoms with Crippen LogP contribution in [0, 0.1) is 6.92 Å². The van der Waals surface area contributed by atoms with Crippen molar-refractivity contribution in [1.29, 1.82) is 0 Å². The zero-order chi connectivity index (χ0) is 13.8. The summed E-state index contributed by atoms with van der Waals surface area (Å²) in [5.41, 5.74) is 2.36. The Kier molecular flexibility index (Phi) is 4.83. The molecule has 0 aliphatic heterocycles. The van der Waals surface area contributed by atoms with Gasteiger partial charge in [-0.1, -0.05) is 22.9 Å². The van der Waals surface area contributed by atoms with Crippen molar-refractivity contribution in [3.05, 3.63) is 46.1 Å². The molecule has 19 heavy (non-hydrogen) atoms. The molecule has 0 aliphatic carbocycles. The van der Waals surface area contributed by atoms with Crippen molar-refractivity contribution >= 4 is 15.9 Å². The van der Waals surface area contributed by atoms with Crippen molar-refractivity contribution in [3.63, 3.8) is 0 Å². The largest absolute Gasteiger partial charge is 0.460 e. The Bertz CT molecular complexity index is 547. The normalized spacial score (nSPS) is 12.6. The lowest BCUT2D eigenvalue weighted by atomic mass is 10.1. The van der Waals surface area contributed by atoms with Gasteiger partial charge in [0.25, 0.3) is 0 Å². The Morgan fingerprint density at radius 2 is 2.05 bits per heavy atom. The van der Waals surface area contributed by atoms with Gasteiger partial charge in [-0.25, -0.2) is 0 Å². The second-order valence-corrected chi connectivity index (χ2v) is 5.83. The first-order chi connectivity index (χ1) is 9.10. The van der Waals surface area contributed by atoms with Crippen LogP contribution in [0.1, 0.15) is 31.6 Å². The molecule has 0 amide bonds. The zero-order valence-corrected chi connectivity index (χ0v) is 13.3. The molecule has 2 nitrogen and oxygen atoms in total. The molecule has 1 atom stereocenters. The van der Waals surface area contributed by atoms with Gasteiger partial charge in [0.1, 0.15) is 11.5 Å². The molecule has 1 heterocycles. The molecule has 2 rings (SSSR count). The van der Waals surface area contributed by atoms with E-state index in [2.05, 4.69) is 54.2 Å². The fourth-order valence-electron chi connectivity index (χ4n) is 1.94. The van der Waals surface area contributed by atoms with Crippen molar-refractivity contribution in [1.82, 2.24) is 5.32 Å². The summed E-state index contributed by atoms with van der Waals surface area (Å²) in [6.07, 6.45) is 1.12. The number of benzene rings is 1. The van der Waals surface area contributed by atoms with E-state index in [1.165, 1.54) is 5.56 Å². The monoisotopic (exact) mass is 321 g/mol. The topological polar surface area (TPSA) is 25.2 Å². The van der Waals surface area contributed by atoms with Crippen LogP contribution in [0.4, 0.5) is 0 Å². The van der Waals surface area contributed by atoms with Crippen LogP contribution in [0.2, 0.25) is 0 Å². The van der Waals surface area contributed by atoms with E-state index in [9.17, 15) is 0 Å². The fraction of sp³-hybridized carbons (Fsp3) is 0.375. The van der Waals surface area contributed by atoms with Gasteiger partial charge in [-0.15, -0.1) is 0 Å². The summed E-state index contributed by atoms with van der Waals surface area (Å²) in [6.45, 7) is 7.24. The van der Waals surface area contributed by atoms with Crippen LogP contribution in [-0.2, 0) is 6.54 Å². The van der Waals surface area contributed by atoms with Crippen molar-refractivity contribution in [2.45, 2.75) is 39.8 Å². The summed E-state index contributed by atoms with van der Waals surface area (Å²) in [5, 5.41) is 3.44. The lowest BCUT2D eigenvalue weighted by Gasteiger charge is -2.09. The number of nitrogens with one attached hydrogen (secondary N) is 1. The van der Waals surface area contributed by atoms with Crippen molar-refractivity contribution < 1.29 is 4.42 Å². The van der Waals surface area contributed by atoms with Crippen LogP contribution in [0.25, 0.3) is 11.3 Å². The Hall–Kier alpha value is -1.06. The van der Waals surface area contributed by atoms with Crippen molar-refractivity contribution in [2.75, 3.05) is 0 Å². The third kappa shape index (κ3) is 3.71. The fourth-order valence-corrected chi connectivity index (χ4v) is 2.42. The van der Waals surface area contributed by atoms with E-state index in [0.717, 1.165) is 34.5 Å². The number of furan rings is 1. The maximum Gasteiger partial charge on any atom is 0.134 e. The minimum Gasteiger partial charge on any atom is -0.460 e. The molecule has 1 aromatic carbocycles. The number of hydrogen-bond donors (Lipinski definition) is 1. The molecule has 0 saturated heterocycles. The summed E-state index contributed by atoms with van der Waals surface area (Å²) < 4.78 is 7.00. The van der Waals surface area contributed by atoms with Crippen LogP contribution in [0.15, 0.2) is 39.2 Å². The highest BCUT2D eigenvalue weighted by molar-refractivity contribution is 9.10. The molecule has 0 fully saturated rings. The molecule has 0 aliphatic rings. The Balaban J connectivity index is 2.12. The third-order valence-corrected chi connectivity index (χ3v) is 3.85. The van der Waals surface area contributed by atoms with Gasteiger partial charge in [-0.3, -0.25) is 0 Å². The number of rotatable bonds is 5. The molecule has 102 valence electrons. The van der Waals surface area contributed by atoms with Gasteiger partial charge in [0.05, 0.1) is 6.54 Å². The summed E-state index contributed by atoms with van der Waals surface area (Å²) in [5.74, 6) is 1.92. The Labute approximate surface area is 123 Å². The second-order valence-electron chi connectivity index (χ2n) is 4.92. The van der Waals surface area contributed by atoms with Gasteiger partial charge in [0, 0.05) is 16.1 Å². The maximum atomic E-state index is 5.91. The molecule has 0 saturated carbocycles. The lowest BCUT2D eigenvalue weighted by molar-refractivity contribution is 0.456. The van der Waals surface area contributed by atoms with E-state index in [-0.39, 0.29) is 0 Å². The molecule has 0 unspecified atom stereocenters. The summed E-state index contributed by atoms with van der Waals surface area (Å²) in [7, 11) is 0. The highest BCUT2D eigenvalue weighted by Gasteiger charge is 2.08. The van der Waals surface area contributed by atoms with E-state index in [0.29, 0.717) is 6.04 Å². The molecular weight excluding hydrogens is 302 g/mol. The van der Waals surface area contributed by atoms with Gasteiger partial charge in [-0.2, -0.15) is 0 Å². The third-order valence-electron chi connectivity index (χ3n) is 3.35. The van der Waals surface area contributed by atoms with Crippen molar-refractivity contribution in [2.24, 2.45) is 0 Å². The average Bonchev–Trinajstić information content (AvgIpc) is 2.84. The van der Waals surface area contributed by atoms with E-state index in [1.54, 1.807) is 0 Å². The number of halogens is 1. The number of aryl methyl sites for hydroxylation is 1. The highest BCUT2D eigenvalue weighted by atomic mass is 79.9. The van der Waals surface area contributed by atoms with Gasteiger partial charge in [0.2, 0.25) is 0 Å². The molecule has 0 radical (unpaired) electrons. The zero-order valence-electron chi connectivity index (χ0n) is 11.7. The summed E-state index contributed by atoms with van der Waals surface area (Å²) >= 11 is 3.48. The highest BCUT2D eigenvalue weighted by Crippen LogP contribution is 2.27. The van der Waals surface area contributed by atoms with Crippen LogP contribution in [0.3, 0.4) is 0 Å². The molecular formula is C16H20BrNO. The van der Waals surface area contributed by atoms with E-state index in [1.807, 2.05) is 18.2 Å².